The lowest BCUT2D eigenvalue weighted by molar-refractivity contribution is 0.297. The fourth-order valence-corrected chi connectivity index (χ4v) is 1.67. The minimum Gasteiger partial charge on any atom is -0.370 e. The van der Waals surface area contributed by atoms with Crippen molar-refractivity contribution in [2.75, 3.05) is 26.2 Å². The van der Waals surface area contributed by atoms with Crippen LogP contribution in [0.4, 0.5) is 0 Å². The van der Waals surface area contributed by atoms with Crippen molar-refractivity contribution in [2.24, 2.45) is 10.7 Å². The molecule has 1 rings (SSSR count). The van der Waals surface area contributed by atoms with Crippen molar-refractivity contribution >= 4 is 29.9 Å². The topological polar surface area (TPSA) is 53.6 Å². The molecule has 0 aromatic carbocycles. The minimum absolute atomic E-state index is 0. The van der Waals surface area contributed by atoms with Gasteiger partial charge in [-0.25, -0.2) is 0 Å². The first kappa shape index (κ1) is 17.0. The minimum atomic E-state index is 0. The summed E-state index contributed by atoms with van der Waals surface area (Å²) >= 11 is 0. The summed E-state index contributed by atoms with van der Waals surface area (Å²) in [6, 6.07) is 0.611. The van der Waals surface area contributed by atoms with Gasteiger partial charge in [0, 0.05) is 12.6 Å². The van der Waals surface area contributed by atoms with Gasteiger partial charge in [0.15, 0.2) is 5.96 Å². The van der Waals surface area contributed by atoms with Crippen molar-refractivity contribution in [1.29, 1.82) is 0 Å². The predicted octanol–water partition coefficient (Wildman–Crippen LogP) is 1.79. The van der Waals surface area contributed by atoms with Crippen molar-refractivity contribution in [2.45, 2.75) is 45.6 Å². The predicted molar refractivity (Wildman–Crippen MR) is 85.1 cm³/mol. The van der Waals surface area contributed by atoms with Crippen LogP contribution in [-0.4, -0.2) is 43.1 Å². The molecule has 3 N–H and O–H groups in total. The first-order chi connectivity index (χ1) is 7.76. The third kappa shape index (κ3) is 8.65. The van der Waals surface area contributed by atoms with Crippen molar-refractivity contribution in [3.8, 4) is 0 Å². The molecular formula is C12H27IN4. The van der Waals surface area contributed by atoms with Crippen LogP contribution >= 0.6 is 24.0 Å². The molecule has 0 aromatic heterocycles. The van der Waals surface area contributed by atoms with Crippen LogP contribution in [0.1, 0.15) is 39.5 Å². The largest absolute Gasteiger partial charge is 0.370 e. The average Bonchev–Trinajstić information content (AvgIpc) is 3.07. The number of rotatable bonds is 8. The van der Waals surface area contributed by atoms with E-state index in [1.54, 1.807) is 0 Å². The van der Waals surface area contributed by atoms with Gasteiger partial charge in [-0.3, -0.25) is 4.99 Å². The smallest absolute Gasteiger partial charge is 0.188 e. The monoisotopic (exact) mass is 354 g/mol. The number of halogens is 1. The van der Waals surface area contributed by atoms with Crippen molar-refractivity contribution in [3.05, 3.63) is 0 Å². The summed E-state index contributed by atoms with van der Waals surface area (Å²) in [6.07, 6.45) is 4.84. The lowest BCUT2D eigenvalue weighted by Crippen LogP contribution is -2.33. The standard InChI is InChI=1S/C12H26N4.HI/c1-3-16(4-2)10-6-5-9-14-12(13)15-11-7-8-11;/h11H,3-10H2,1-2H3,(H3,13,14,15);1H. The van der Waals surface area contributed by atoms with Gasteiger partial charge in [0.05, 0.1) is 0 Å². The van der Waals surface area contributed by atoms with E-state index >= 15 is 0 Å². The maximum Gasteiger partial charge on any atom is 0.188 e. The number of unbranched alkanes of at least 4 members (excludes halogenated alkanes) is 1. The van der Waals surface area contributed by atoms with E-state index in [1.807, 2.05) is 0 Å². The highest BCUT2D eigenvalue weighted by atomic mass is 127. The van der Waals surface area contributed by atoms with Crippen molar-refractivity contribution in [1.82, 2.24) is 10.2 Å². The summed E-state index contributed by atoms with van der Waals surface area (Å²) in [5.74, 6) is 0.630. The molecule has 0 heterocycles. The van der Waals surface area contributed by atoms with Crippen LogP contribution in [0, 0.1) is 0 Å². The molecule has 0 saturated heterocycles. The highest BCUT2D eigenvalue weighted by Crippen LogP contribution is 2.17. The molecule has 4 nitrogen and oxygen atoms in total. The van der Waals surface area contributed by atoms with Gasteiger partial charge in [-0.2, -0.15) is 0 Å². The Balaban J connectivity index is 0.00000256. The molecular weight excluding hydrogens is 327 g/mol. The van der Waals surface area contributed by atoms with Crippen molar-refractivity contribution < 1.29 is 0 Å². The molecule has 0 aliphatic heterocycles. The van der Waals surface area contributed by atoms with Gasteiger partial charge in [-0.1, -0.05) is 13.8 Å². The van der Waals surface area contributed by atoms with E-state index in [1.165, 1.54) is 25.8 Å². The molecule has 1 saturated carbocycles. The lowest BCUT2D eigenvalue weighted by Gasteiger charge is -2.17. The van der Waals surface area contributed by atoms with Gasteiger partial charge in [-0.05, 0) is 45.3 Å². The number of hydrogen-bond donors (Lipinski definition) is 2. The van der Waals surface area contributed by atoms with Gasteiger partial charge in [0.2, 0.25) is 0 Å². The summed E-state index contributed by atoms with van der Waals surface area (Å²) < 4.78 is 0. The van der Waals surface area contributed by atoms with E-state index in [2.05, 4.69) is 29.1 Å². The second-order valence-corrected chi connectivity index (χ2v) is 4.42. The normalized spacial score (nSPS) is 15.8. The number of nitrogens with one attached hydrogen (secondary N) is 1. The Morgan fingerprint density at radius 1 is 1.29 bits per heavy atom. The highest BCUT2D eigenvalue weighted by molar-refractivity contribution is 14.0. The van der Waals surface area contributed by atoms with Gasteiger partial charge in [0.1, 0.15) is 0 Å². The fraction of sp³-hybridized carbons (Fsp3) is 0.917. The van der Waals surface area contributed by atoms with Gasteiger partial charge >= 0.3 is 0 Å². The molecule has 102 valence electrons. The summed E-state index contributed by atoms with van der Waals surface area (Å²) in [7, 11) is 0. The van der Waals surface area contributed by atoms with Crippen LogP contribution in [0.15, 0.2) is 4.99 Å². The Hall–Kier alpha value is -0.0400. The van der Waals surface area contributed by atoms with E-state index in [4.69, 9.17) is 5.73 Å². The zero-order valence-corrected chi connectivity index (χ0v) is 13.4. The number of nitrogens with zero attached hydrogens (tertiary/aromatic N) is 2. The van der Waals surface area contributed by atoms with Crippen LogP contribution in [0.3, 0.4) is 0 Å². The number of nitrogens with two attached hydrogens (primary N) is 1. The van der Waals surface area contributed by atoms with E-state index in [0.717, 1.165) is 26.1 Å². The van der Waals surface area contributed by atoms with Crippen LogP contribution in [-0.2, 0) is 0 Å². The number of guanidine groups is 1. The Labute approximate surface area is 122 Å². The molecule has 1 fully saturated rings. The lowest BCUT2D eigenvalue weighted by atomic mass is 10.3. The van der Waals surface area contributed by atoms with Gasteiger partial charge in [-0.15, -0.1) is 24.0 Å². The highest BCUT2D eigenvalue weighted by Gasteiger charge is 2.21. The molecule has 5 heteroatoms. The molecule has 17 heavy (non-hydrogen) atoms. The first-order valence-corrected chi connectivity index (χ1v) is 6.55. The molecule has 0 spiro atoms. The zero-order valence-electron chi connectivity index (χ0n) is 11.1. The Morgan fingerprint density at radius 2 is 1.94 bits per heavy atom. The Bertz CT molecular complexity index is 213. The van der Waals surface area contributed by atoms with Crippen LogP contribution in [0.2, 0.25) is 0 Å². The molecule has 0 atom stereocenters. The van der Waals surface area contributed by atoms with E-state index in [-0.39, 0.29) is 24.0 Å². The average molecular weight is 354 g/mol. The van der Waals surface area contributed by atoms with E-state index in [9.17, 15) is 0 Å². The Morgan fingerprint density at radius 3 is 2.47 bits per heavy atom. The zero-order chi connectivity index (χ0) is 11.8. The SMILES string of the molecule is CCN(CC)CCCCN=C(N)NC1CC1.I. The number of aliphatic imine (C=N–C) groups is 1. The third-order valence-corrected chi connectivity index (χ3v) is 2.99. The second-order valence-electron chi connectivity index (χ2n) is 4.42. The number of hydrogen-bond acceptors (Lipinski definition) is 2. The first-order valence-electron chi connectivity index (χ1n) is 6.55. The third-order valence-electron chi connectivity index (χ3n) is 2.99. The molecule has 0 unspecified atom stereocenters. The summed E-state index contributed by atoms with van der Waals surface area (Å²) in [5, 5.41) is 3.19. The van der Waals surface area contributed by atoms with Gasteiger partial charge < -0.3 is 16.0 Å². The summed E-state index contributed by atoms with van der Waals surface area (Å²) in [4.78, 5) is 6.76. The summed E-state index contributed by atoms with van der Waals surface area (Å²) in [6.45, 7) is 8.74. The second kappa shape index (κ2) is 9.94. The molecule has 1 aliphatic rings. The molecule has 0 radical (unpaired) electrons. The van der Waals surface area contributed by atoms with Crippen molar-refractivity contribution in [3.63, 3.8) is 0 Å². The van der Waals surface area contributed by atoms with E-state index < -0.39 is 0 Å². The van der Waals surface area contributed by atoms with Crippen LogP contribution in [0.25, 0.3) is 0 Å². The fourth-order valence-electron chi connectivity index (χ4n) is 1.67. The molecule has 0 amide bonds. The summed E-state index contributed by atoms with van der Waals surface area (Å²) in [5.41, 5.74) is 5.74. The van der Waals surface area contributed by atoms with Crippen LogP contribution in [0.5, 0.6) is 0 Å². The van der Waals surface area contributed by atoms with Gasteiger partial charge in [0.25, 0.3) is 0 Å². The molecule has 1 aliphatic carbocycles. The van der Waals surface area contributed by atoms with Crippen LogP contribution < -0.4 is 11.1 Å². The molecule has 0 bridgehead atoms. The maximum absolute atomic E-state index is 5.74. The maximum atomic E-state index is 5.74. The quantitative estimate of drug-likeness (QED) is 0.302. The molecule has 0 aromatic rings. The Kier molecular flexibility index (Phi) is 9.91. The van der Waals surface area contributed by atoms with E-state index in [0.29, 0.717) is 12.0 Å².